The van der Waals surface area contributed by atoms with Crippen molar-refractivity contribution in [1.82, 2.24) is 20.2 Å². The van der Waals surface area contributed by atoms with Gasteiger partial charge in [-0.15, -0.1) is 5.10 Å². The van der Waals surface area contributed by atoms with Crippen molar-refractivity contribution in [3.63, 3.8) is 0 Å². The van der Waals surface area contributed by atoms with Gasteiger partial charge >= 0.3 is 0 Å². The summed E-state index contributed by atoms with van der Waals surface area (Å²) < 4.78 is 19.3. The predicted molar refractivity (Wildman–Crippen MR) is 90.5 cm³/mol. The Morgan fingerprint density at radius 1 is 1.28 bits per heavy atom. The molecule has 0 radical (unpaired) electrons. The van der Waals surface area contributed by atoms with Crippen molar-refractivity contribution in [2.45, 2.75) is 51.9 Å². The van der Waals surface area contributed by atoms with Gasteiger partial charge in [0.15, 0.2) is 17.3 Å². The standard InChI is InChI=1S/C18H24N4O3/c1-18(2)10-14-4-3-5-15(17(14)25-18)24-12-16-19-20-21-22(16)11-13-6-8-23-9-7-13/h3-5,13H,6-12H2,1-2H3. The quantitative estimate of drug-likeness (QED) is 0.829. The molecular weight excluding hydrogens is 320 g/mol. The number of benzene rings is 1. The second-order valence-corrected chi connectivity index (χ2v) is 7.40. The van der Waals surface area contributed by atoms with Gasteiger partial charge in [-0.05, 0) is 49.1 Å². The van der Waals surface area contributed by atoms with Crippen molar-refractivity contribution in [3.8, 4) is 11.5 Å². The van der Waals surface area contributed by atoms with Crippen LogP contribution in [0.4, 0.5) is 0 Å². The van der Waals surface area contributed by atoms with Crippen molar-refractivity contribution in [2.24, 2.45) is 5.92 Å². The second-order valence-electron chi connectivity index (χ2n) is 7.40. The van der Waals surface area contributed by atoms with Crippen molar-refractivity contribution in [1.29, 1.82) is 0 Å². The largest absolute Gasteiger partial charge is 0.483 e. The Hall–Kier alpha value is -2.15. The van der Waals surface area contributed by atoms with Gasteiger partial charge < -0.3 is 14.2 Å². The molecule has 0 amide bonds. The van der Waals surface area contributed by atoms with E-state index >= 15 is 0 Å². The zero-order valence-corrected chi connectivity index (χ0v) is 14.8. The lowest BCUT2D eigenvalue weighted by Gasteiger charge is -2.22. The van der Waals surface area contributed by atoms with Crippen molar-refractivity contribution >= 4 is 0 Å². The summed E-state index contributed by atoms with van der Waals surface area (Å²) in [6.45, 7) is 6.96. The van der Waals surface area contributed by atoms with Crippen LogP contribution in [0.2, 0.25) is 0 Å². The average molecular weight is 344 g/mol. The molecule has 3 heterocycles. The summed E-state index contributed by atoms with van der Waals surface area (Å²) in [4.78, 5) is 0. The summed E-state index contributed by atoms with van der Waals surface area (Å²) in [5.74, 6) is 2.89. The number of aromatic nitrogens is 4. The summed E-state index contributed by atoms with van der Waals surface area (Å²) >= 11 is 0. The molecule has 0 atom stereocenters. The third kappa shape index (κ3) is 3.61. The molecule has 0 bridgehead atoms. The molecule has 7 heteroatoms. The predicted octanol–water partition coefficient (Wildman–Crippen LogP) is 2.39. The van der Waals surface area contributed by atoms with E-state index in [9.17, 15) is 0 Å². The molecule has 0 spiro atoms. The Balaban J connectivity index is 1.43. The number of ether oxygens (including phenoxy) is 3. The van der Waals surface area contributed by atoms with Crippen LogP contribution in [0, 0.1) is 5.92 Å². The van der Waals surface area contributed by atoms with Crippen LogP contribution in [-0.2, 0) is 24.3 Å². The SMILES string of the molecule is CC1(C)Cc2cccc(OCc3nnnn3CC3CCOCC3)c2O1. The monoisotopic (exact) mass is 344 g/mol. The van der Waals surface area contributed by atoms with Crippen LogP contribution in [-0.4, -0.2) is 39.0 Å². The van der Waals surface area contributed by atoms with Crippen LogP contribution in [0.15, 0.2) is 18.2 Å². The first kappa shape index (κ1) is 16.3. The molecule has 7 nitrogen and oxygen atoms in total. The summed E-state index contributed by atoms with van der Waals surface area (Å²) in [5.41, 5.74) is 0.996. The number of hydrogen-bond acceptors (Lipinski definition) is 6. The van der Waals surface area contributed by atoms with E-state index in [1.807, 2.05) is 16.8 Å². The van der Waals surface area contributed by atoms with Gasteiger partial charge in [-0.25, -0.2) is 4.68 Å². The third-order valence-corrected chi connectivity index (χ3v) is 4.79. The molecular formula is C18H24N4O3. The molecule has 0 saturated carbocycles. The molecule has 1 aromatic heterocycles. The smallest absolute Gasteiger partial charge is 0.189 e. The highest BCUT2D eigenvalue weighted by Gasteiger charge is 2.32. The van der Waals surface area contributed by atoms with E-state index in [0.29, 0.717) is 12.5 Å². The number of tetrazole rings is 1. The molecule has 1 fully saturated rings. The van der Waals surface area contributed by atoms with Crippen LogP contribution >= 0.6 is 0 Å². The summed E-state index contributed by atoms with van der Waals surface area (Å²) in [7, 11) is 0. The zero-order chi connectivity index (χ0) is 17.3. The first-order valence-electron chi connectivity index (χ1n) is 8.87. The van der Waals surface area contributed by atoms with Crippen LogP contribution in [0.3, 0.4) is 0 Å². The van der Waals surface area contributed by atoms with Crippen LogP contribution in [0.5, 0.6) is 11.5 Å². The number of para-hydroxylation sites is 1. The molecule has 0 unspecified atom stereocenters. The lowest BCUT2D eigenvalue weighted by Crippen LogP contribution is -2.24. The highest BCUT2D eigenvalue weighted by atomic mass is 16.5. The molecule has 25 heavy (non-hydrogen) atoms. The average Bonchev–Trinajstić information content (AvgIpc) is 3.16. The molecule has 4 rings (SSSR count). The minimum Gasteiger partial charge on any atom is -0.483 e. The highest BCUT2D eigenvalue weighted by Crippen LogP contribution is 2.41. The Kier molecular flexibility index (Phi) is 4.33. The van der Waals surface area contributed by atoms with E-state index in [4.69, 9.17) is 14.2 Å². The Morgan fingerprint density at radius 3 is 2.96 bits per heavy atom. The van der Waals surface area contributed by atoms with Gasteiger partial charge in [0, 0.05) is 31.7 Å². The third-order valence-electron chi connectivity index (χ3n) is 4.79. The number of rotatable bonds is 5. The molecule has 1 saturated heterocycles. The Labute approximate surface area is 147 Å². The van der Waals surface area contributed by atoms with E-state index in [1.54, 1.807) is 0 Å². The second kappa shape index (κ2) is 6.63. The fourth-order valence-electron chi connectivity index (χ4n) is 3.49. The zero-order valence-electron chi connectivity index (χ0n) is 14.8. The van der Waals surface area contributed by atoms with E-state index in [-0.39, 0.29) is 5.60 Å². The van der Waals surface area contributed by atoms with Crippen molar-refractivity contribution in [3.05, 3.63) is 29.6 Å². The fraction of sp³-hybridized carbons (Fsp3) is 0.611. The molecule has 134 valence electrons. The van der Waals surface area contributed by atoms with Gasteiger partial charge in [-0.3, -0.25) is 0 Å². The van der Waals surface area contributed by atoms with Gasteiger partial charge in [0.25, 0.3) is 0 Å². The number of nitrogens with zero attached hydrogens (tertiary/aromatic N) is 4. The topological polar surface area (TPSA) is 71.3 Å². The lowest BCUT2D eigenvalue weighted by atomic mass is 10.0. The maximum absolute atomic E-state index is 6.05. The summed E-state index contributed by atoms with van der Waals surface area (Å²) in [6.07, 6.45) is 2.99. The normalized spacial score (nSPS) is 19.4. The fourth-order valence-corrected chi connectivity index (χ4v) is 3.49. The van der Waals surface area contributed by atoms with E-state index < -0.39 is 0 Å². The summed E-state index contributed by atoms with van der Waals surface area (Å²) in [5, 5.41) is 12.1. The Morgan fingerprint density at radius 2 is 2.12 bits per heavy atom. The van der Waals surface area contributed by atoms with Gasteiger partial charge in [-0.1, -0.05) is 12.1 Å². The van der Waals surface area contributed by atoms with Crippen molar-refractivity contribution in [2.75, 3.05) is 13.2 Å². The maximum atomic E-state index is 6.05. The number of fused-ring (bicyclic) bond motifs is 1. The van der Waals surface area contributed by atoms with Crippen LogP contribution < -0.4 is 9.47 Å². The highest BCUT2D eigenvalue weighted by molar-refractivity contribution is 5.50. The molecule has 1 aromatic carbocycles. The molecule has 2 aromatic rings. The van der Waals surface area contributed by atoms with E-state index in [1.165, 1.54) is 5.56 Å². The lowest BCUT2D eigenvalue weighted by molar-refractivity contribution is 0.0593. The van der Waals surface area contributed by atoms with Crippen LogP contribution in [0.25, 0.3) is 0 Å². The first-order chi connectivity index (χ1) is 12.1. The molecule has 0 aliphatic carbocycles. The van der Waals surface area contributed by atoms with Gasteiger partial charge in [-0.2, -0.15) is 0 Å². The maximum Gasteiger partial charge on any atom is 0.189 e. The minimum atomic E-state index is -0.188. The Bertz CT molecular complexity index is 738. The van der Waals surface area contributed by atoms with Gasteiger partial charge in [0.1, 0.15) is 12.2 Å². The summed E-state index contributed by atoms with van der Waals surface area (Å²) in [6, 6.07) is 6.03. The first-order valence-corrected chi connectivity index (χ1v) is 8.87. The van der Waals surface area contributed by atoms with Crippen LogP contribution in [0.1, 0.15) is 38.1 Å². The van der Waals surface area contributed by atoms with Gasteiger partial charge in [0.05, 0.1) is 0 Å². The van der Waals surface area contributed by atoms with Crippen molar-refractivity contribution < 1.29 is 14.2 Å². The van der Waals surface area contributed by atoms with E-state index in [2.05, 4.69) is 35.4 Å². The molecule has 0 N–H and O–H groups in total. The van der Waals surface area contributed by atoms with E-state index in [0.717, 1.165) is 56.3 Å². The van der Waals surface area contributed by atoms with Gasteiger partial charge in [0.2, 0.25) is 0 Å². The minimum absolute atomic E-state index is 0.188. The number of hydrogen-bond donors (Lipinski definition) is 0. The molecule has 2 aliphatic rings. The molecule has 2 aliphatic heterocycles.